The highest BCUT2D eigenvalue weighted by molar-refractivity contribution is 6.04. The van der Waals surface area contributed by atoms with Crippen LogP contribution in [0, 0.1) is 20.8 Å². The topological polar surface area (TPSA) is 79.3 Å². The number of pyridine rings is 1. The van der Waals surface area contributed by atoms with Gasteiger partial charge in [-0.1, -0.05) is 17.7 Å². The number of hydrogen-bond acceptors (Lipinski definition) is 3. The van der Waals surface area contributed by atoms with Crippen molar-refractivity contribution in [1.82, 2.24) is 4.98 Å². The molecule has 0 atom stereocenters. The standard InChI is InChI=1S/C16H16N2O3/c1-9-6-10(2)14(11(3)7-9)18-15(19)13-5-4-12(8-17-13)16(20)21/h4-8H,1-3H3,(H,18,19)(H,20,21). The fourth-order valence-corrected chi connectivity index (χ4v) is 2.21. The molecule has 1 amide bonds. The molecule has 0 saturated heterocycles. The van der Waals surface area contributed by atoms with E-state index in [1.165, 1.54) is 18.3 Å². The largest absolute Gasteiger partial charge is 0.478 e. The molecule has 108 valence electrons. The molecule has 2 N–H and O–H groups in total. The van der Waals surface area contributed by atoms with Crippen molar-refractivity contribution in [3.63, 3.8) is 0 Å². The average molecular weight is 284 g/mol. The van der Waals surface area contributed by atoms with Crippen molar-refractivity contribution in [1.29, 1.82) is 0 Å². The van der Waals surface area contributed by atoms with Gasteiger partial charge in [0.05, 0.1) is 5.56 Å². The summed E-state index contributed by atoms with van der Waals surface area (Å²) in [6.45, 7) is 5.85. The van der Waals surface area contributed by atoms with Gasteiger partial charge in [-0.25, -0.2) is 4.79 Å². The molecule has 21 heavy (non-hydrogen) atoms. The molecule has 5 heteroatoms. The van der Waals surface area contributed by atoms with Crippen LogP contribution in [0.1, 0.15) is 37.5 Å². The molecule has 5 nitrogen and oxygen atoms in total. The van der Waals surface area contributed by atoms with Crippen LogP contribution in [0.25, 0.3) is 0 Å². The van der Waals surface area contributed by atoms with Gasteiger partial charge in [-0.05, 0) is 44.0 Å². The Labute approximate surface area is 122 Å². The Morgan fingerprint density at radius 2 is 1.71 bits per heavy atom. The maximum atomic E-state index is 12.2. The summed E-state index contributed by atoms with van der Waals surface area (Å²) < 4.78 is 0. The Balaban J connectivity index is 2.24. The van der Waals surface area contributed by atoms with Crippen LogP contribution in [0.15, 0.2) is 30.5 Å². The van der Waals surface area contributed by atoms with Gasteiger partial charge >= 0.3 is 5.97 Å². The minimum Gasteiger partial charge on any atom is -0.478 e. The van der Waals surface area contributed by atoms with Crippen molar-refractivity contribution in [3.8, 4) is 0 Å². The maximum Gasteiger partial charge on any atom is 0.337 e. The number of aryl methyl sites for hydroxylation is 3. The van der Waals surface area contributed by atoms with Gasteiger partial charge in [0.1, 0.15) is 5.69 Å². The third kappa shape index (κ3) is 3.25. The number of aromatic carboxylic acids is 1. The Bertz CT molecular complexity index is 683. The van der Waals surface area contributed by atoms with Crippen LogP contribution in [0.4, 0.5) is 5.69 Å². The number of anilines is 1. The fourth-order valence-electron chi connectivity index (χ4n) is 2.21. The van der Waals surface area contributed by atoms with Crippen LogP contribution in [-0.2, 0) is 0 Å². The quantitative estimate of drug-likeness (QED) is 0.908. The summed E-state index contributed by atoms with van der Waals surface area (Å²) in [6.07, 6.45) is 1.17. The van der Waals surface area contributed by atoms with Gasteiger partial charge in [-0.15, -0.1) is 0 Å². The molecule has 0 aliphatic rings. The third-order valence-electron chi connectivity index (χ3n) is 3.16. The number of amides is 1. The van der Waals surface area contributed by atoms with Crippen LogP contribution >= 0.6 is 0 Å². The van der Waals surface area contributed by atoms with Crippen molar-refractivity contribution in [2.45, 2.75) is 20.8 Å². The molecule has 1 aromatic heterocycles. The van der Waals surface area contributed by atoms with E-state index in [0.717, 1.165) is 22.4 Å². The zero-order chi connectivity index (χ0) is 15.6. The molecule has 1 heterocycles. The number of aromatic nitrogens is 1. The number of carboxylic acid groups (broad SMARTS) is 1. The van der Waals surface area contributed by atoms with E-state index >= 15 is 0 Å². The monoisotopic (exact) mass is 284 g/mol. The zero-order valence-corrected chi connectivity index (χ0v) is 12.1. The third-order valence-corrected chi connectivity index (χ3v) is 3.16. The molecule has 0 fully saturated rings. The maximum absolute atomic E-state index is 12.2. The summed E-state index contributed by atoms with van der Waals surface area (Å²) in [4.78, 5) is 26.8. The lowest BCUT2D eigenvalue weighted by Gasteiger charge is -2.12. The van der Waals surface area contributed by atoms with E-state index in [0.29, 0.717) is 0 Å². The van der Waals surface area contributed by atoms with E-state index in [2.05, 4.69) is 10.3 Å². The minimum atomic E-state index is -1.07. The van der Waals surface area contributed by atoms with Gasteiger partial charge in [0.15, 0.2) is 0 Å². The predicted molar refractivity (Wildman–Crippen MR) is 79.8 cm³/mol. The molecule has 0 aliphatic carbocycles. The summed E-state index contributed by atoms with van der Waals surface area (Å²) in [7, 11) is 0. The molecule has 0 spiro atoms. The molecule has 0 unspecified atom stereocenters. The first-order valence-corrected chi connectivity index (χ1v) is 6.47. The lowest BCUT2D eigenvalue weighted by atomic mass is 10.0. The number of rotatable bonds is 3. The Morgan fingerprint density at radius 3 is 2.19 bits per heavy atom. The highest BCUT2D eigenvalue weighted by Crippen LogP contribution is 2.22. The molecular weight excluding hydrogens is 268 g/mol. The SMILES string of the molecule is Cc1cc(C)c(NC(=O)c2ccc(C(=O)O)cn2)c(C)c1. The van der Waals surface area contributed by atoms with Gasteiger partial charge in [0.25, 0.3) is 5.91 Å². The van der Waals surface area contributed by atoms with E-state index in [1.54, 1.807) is 0 Å². The fraction of sp³-hybridized carbons (Fsp3) is 0.188. The van der Waals surface area contributed by atoms with E-state index in [9.17, 15) is 9.59 Å². The Morgan fingerprint density at radius 1 is 1.10 bits per heavy atom. The van der Waals surface area contributed by atoms with Crippen LogP contribution in [0.3, 0.4) is 0 Å². The van der Waals surface area contributed by atoms with Crippen LogP contribution in [-0.4, -0.2) is 22.0 Å². The number of nitrogens with one attached hydrogen (secondary N) is 1. The average Bonchev–Trinajstić information content (AvgIpc) is 2.42. The molecule has 2 aromatic rings. The molecule has 0 aliphatic heterocycles. The van der Waals surface area contributed by atoms with Crippen LogP contribution in [0.2, 0.25) is 0 Å². The molecule has 1 aromatic carbocycles. The minimum absolute atomic E-state index is 0.0502. The highest BCUT2D eigenvalue weighted by Gasteiger charge is 2.12. The Hall–Kier alpha value is -2.69. The Kier molecular flexibility index (Phi) is 4.03. The smallest absolute Gasteiger partial charge is 0.337 e. The number of carboxylic acids is 1. The summed E-state index contributed by atoms with van der Waals surface area (Å²) in [5.74, 6) is -1.43. The van der Waals surface area contributed by atoms with Crippen molar-refractivity contribution in [2.24, 2.45) is 0 Å². The van der Waals surface area contributed by atoms with Gasteiger partial charge < -0.3 is 10.4 Å². The highest BCUT2D eigenvalue weighted by atomic mass is 16.4. The van der Waals surface area contributed by atoms with E-state index in [4.69, 9.17) is 5.11 Å². The zero-order valence-electron chi connectivity index (χ0n) is 12.1. The molecule has 0 radical (unpaired) electrons. The number of carbonyl (C=O) groups is 2. The normalized spacial score (nSPS) is 10.2. The molecule has 0 bridgehead atoms. The lowest BCUT2D eigenvalue weighted by molar-refractivity contribution is 0.0696. The second-order valence-corrected chi connectivity index (χ2v) is 4.97. The summed E-state index contributed by atoms with van der Waals surface area (Å²) in [6, 6.07) is 6.74. The first-order valence-electron chi connectivity index (χ1n) is 6.47. The molecular formula is C16H16N2O3. The van der Waals surface area contributed by atoms with Crippen molar-refractivity contribution in [2.75, 3.05) is 5.32 Å². The van der Waals surface area contributed by atoms with Gasteiger partial charge in [0.2, 0.25) is 0 Å². The summed E-state index contributed by atoms with van der Waals surface area (Å²) >= 11 is 0. The van der Waals surface area contributed by atoms with Gasteiger partial charge in [0, 0.05) is 11.9 Å². The summed E-state index contributed by atoms with van der Waals surface area (Å²) in [5, 5.41) is 11.6. The van der Waals surface area contributed by atoms with Crippen molar-refractivity contribution < 1.29 is 14.7 Å². The summed E-state index contributed by atoms with van der Waals surface area (Å²) in [5.41, 5.74) is 4.07. The predicted octanol–water partition coefficient (Wildman–Crippen LogP) is 2.96. The van der Waals surface area contributed by atoms with Gasteiger partial charge in [-0.3, -0.25) is 9.78 Å². The molecule has 0 saturated carbocycles. The van der Waals surface area contributed by atoms with Crippen LogP contribution < -0.4 is 5.32 Å². The van der Waals surface area contributed by atoms with Crippen molar-refractivity contribution in [3.05, 3.63) is 58.4 Å². The van der Waals surface area contributed by atoms with E-state index in [-0.39, 0.29) is 17.2 Å². The second kappa shape index (κ2) is 5.75. The van der Waals surface area contributed by atoms with E-state index in [1.807, 2.05) is 32.9 Å². The number of nitrogens with zero attached hydrogens (tertiary/aromatic N) is 1. The number of carbonyl (C=O) groups excluding carboxylic acids is 1. The molecule has 2 rings (SSSR count). The number of hydrogen-bond donors (Lipinski definition) is 2. The van der Waals surface area contributed by atoms with E-state index < -0.39 is 5.97 Å². The first kappa shape index (κ1) is 14.7. The van der Waals surface area contributed by atoms with Crippen LogP contribution in [0.5, 0.6) is 0 Å². The van der Waals surface area contributed by atoms with Gasteiger partial charge in [-0.2, -0.15) is 0 Å². The number of benzene rings is 1. The second-order valence-electron chi connectivity index (χ2n) is 4.97. The lowest BCUT2D eigenvalue weighted by Crippen LogP contribution is -2.15. The first-order chi connectivity index (χ1) is 9.88. The van der Waals surface area contributed by atoms with Crippen molar-refractivity contribution >= 4 is 17.6 Å².